The predicted molar refractivity (Wildman–Crippen MR) is 84.6 cm³/mol. The molecule has 0 aliphatic heterocycles. The Morgan fingerprint density at radius 1 is 1.45 bits per heavy atom. The van der Waals surface area contributed by atoms with Crippen molar-refractivity contribution in [1.82, 2.24) is 9.78 Å². The number of aryl methyl sites for hydroxylation is 1. The molecule has 4 N–H and O–H groups in total. The molecule has 0 radical (unpaired) electrons. The summed E-state index contributed by atoms with van der Waals surface area (Å²) in [5.74, 6) is -0.540. The fourth-order valence-electron chi connectivity index (χ4n) is 1.80. The number of amidine groups is 1. The van der Waals surface area contributed by atoms with Crippen LogP contribution in [0.1, 0.15) is 16.7 Å². The minimum Gasteiger partial charge on any atom is -0.398 e. The predicted octanol–water partition coefficient (Wildman–Crippen LogP) is 1.19. The average molecular weight is 299 g/mol. The molecular formula is C15H17N5O2. The van der Waals surface area contributed by atoms with Gasteiger partial charge in [-0.1, -0.05) is 17.3 Å². The van der Waals surface area contributed by atoms with E-state index in [0.29, 0.717) is 11.3 Å². The van der Waals surface area contributed by atoms with E-state index in [-0.39, 0.29) is 5.84 Å². The van der Waals surface area contributed by atoms with Crippen LogP contribution in [0.15, 0.2) is 41.8 Å². The van der Waals surface area contributed by atoms with Gasteiger partial charge in [0.05, 0.1) is 6.20 Å². The number of hydrogen-bond acceptors (Lipinski definition) is 5. The normalized spacial score (nSPS) is 11.8. The maximum absolute atomic E-state index is 11.6. The number of carbonyl (C=O) groups excluding carboxylic acids is 1. The second-order valence-electron chi connectivity index (χ2n) is 4.69. The molecule has 1 aromatic heterocycles. The fraction of sp³-hybridized carbons (Fsp3) is 0.133. The van der Waals surface area contributed by atoms with Crippen LogP contribution in [0.5, 0.6) is 0 Å². The minimum absolute atomic E-state index is 0.0907. The van der Waals surface area contributed by atoms with Gasteiger partial charge < -0.3 is 16.3 Å². The molecule has 1 heterocycles. The smallest absolute Gasteiger partial charge is 0.358 e. The van der Waals surface area contributed by atoms with Gasteiger partial charge in [-0.3, -0.25) is 4.68 Å². The van der Waals surface area contributed by atoms with Gasteiger partial charge in [-0.05, 0) is 24.6 Å². The van der Waals surface area contributed by atoms with Gasteiger partial charge in [0.25, 0.3) is 0 Å². The van der Waals surface area contributed by atoms with Crippen molar-refractivity contribution >= 4 is 23.6 Å². The highest BCUT2D eigenvalue weighted by atomic mass is 16.7. The summed E-state index contributed by atoms with van der Waals surface area (Å²) in [7, 11) is 1.79. The Balaban J connectivity index is 2.02. The third kappa shape index (κ3) is 3.72. The van der Waals surface area contributed by atoms with E-state index in [1.165, 1.54) is 6.08 Å². The van der Waals surface area contributed by atoms with Crippen LogP contribution in [-0.4, -0.2) is 21.6 Å². The summed E-state index contributed by atoms with van der Waals surface area (Å²) in [6.45, 7) is 1.82. The Morgan fingerprint density at radius 3 is 2.91 bits per heavy atom. The maximum atomic E-state index is 11.6. The van der Waals surface area contributed by atoms with Crippen LogP contribution < -0.4 is 11.5 Å². The van der Waals surface area contributed by atoms with Crippen LogP contribution in [0.2, 0.25) is 0 Å². The standard InChI is InChI=1S/C15H17N5O2/c1-10-12(4-3-5-13(10)16)15(17)19-22-14(21)7-6-11-8-18-20(2)9-11/h3-9H,16H2,1-2H3,(H2,17,19)/b7-6+. The zero-order chi connectivity index (χ0) is 16.1. The lowest BCUT2D eigenvalue weighted by Crippen LogP contribution is -2.16. The van der Waals surface area contributed by atoms with E-state index in [1.807, 2.05) is 6.92 Å². The summed E-state index contributed by atoms with van der Waals surface area (Å²) in [5, 5.41) is 7.61. The number of benzene rings is 1. The van der Waals surface area contributed by atoms with Crippen LogP contribution in [0.25, 0.3) is 6.08 Å². The molecule has 0 saturated heterocycles. The Bertz CT molecular complexity index is 746. The maximum Gasteiger partial charge on any atom is 0.358 e. The number of nitrogen functional groups attached to an aromatic ring is 1. The molecule has 7 nitrogen and oxygen atoms in total. The van der Waals surface area contributed by atoms with E-state index >= 15 is 0 Å². The molecular weight excluding hydrogens is 282 g/mol. The van der Waals surface area contributed by atoms with Crippen molar-refractivity contribution in [3.05, 3.63) is 53.4 Å². The number of rotatable bonds is 4. The number of carbonyl (C=O) groups is 1. The van der Waals surface area contributed by atoms with E-state index in [4.69, 9.17) is 16.3 Å². The highest BCUT2D eigenvalue weighted by Gasteiger charge is 2.06. The molecule has 22 heavy (non-hydrogen) atoms. The zero-order valence-corrected chi connectivity index (χ0v) is 12.4. The first-order chi connectivity index (χ1) is 10.5. The first-order valence-electron chi connectivity index (χ1n) is 6.54. The van der Waals surface area contributed by atoms with E-state index in [0.717, 1.165) is 11.1 Å². The van der Waals surface area contributed by atoms with Crippen LogP contribution in [0, 0.1) is 6.92 Å². The number of nitrogens with zero attached hydrogens (tertiary/aromatic N) is 3. The highest BCUT2D eigenvalue weighted by molar-refractivity contribution is 6.00. The molecule has 0 amide bonds. The van der Waals surface area contributed by atoms with Crippen molar-refractivity contribution in [2.45, 2.75) is 6.92 Å². The quantitative estimate of drug-likeness (QED) is 0.220. The number of nitrogens with two attached hydrogens (primary N) is 2. The lowest BCUT2D eigenvalue weighted by atomic mass is 10.1. The number of oxime groups is 1. The largest absolute Gasteiger partial charge is 0.398 e. The van der Waals surface area contributed by atoms with Gasteiger partial charge in [0.1, 0.15) is 0 Å². The van der Waals surface area contributed by atoms with Gasteiger partial charge in [-0.15, -0.1) is 0 Å². The third-order valence-electron chi connectivity index (χ3n) is 3.02. The molecule has 0 aliphatic rings. The monoisotopic (exact) mass is 299 g/mol. The van der Waals surface area contributed by atoms with Gasteiger partial charge >= 0.3 is 5.97 Å². The molecule has 0 bridgehead atoms. The van der Waals surface area contributed by atoms with Crippen molar-refractivity contribution in [3.63, 3.8) is 0 Å². The van der Waals surface area contributed by atoms with Crippen LogP contribution >= 0.6 is 0 Å². The van der Waals surface area contributed by atoms with Gasteiger partial charge in [-0.25, -0.2) is 4.79 Å². The van der Waals surface area contributed by atoms with E-state index in [2.05, 4.69) is 10.3 Å². The van der Waals surface area contributed by atoms with Crippen molar-refractivity contribution in [2.75, 3.05) is 5.73 Å². The van der Waals surface area contributed by atoms with Gasteiger partial charge in [0.15, 0.2) is 5.84 Å². The van der Waals surface area contributed by atoms with Crippen molar-refractivity contribution in [2.24, 2.45) is 17.9 Å². The van der Waals surface area contributed by atoms with E-state index in [1.54, 1.807) is 48.4 Å². The van der Waals surface area contributed by atoms with Crippen molar-refractivity contribution in [3.8, 4) is 0 Å². The van der Waals surface area contributed by atoms with Gasteiger partial charge in [-0.2, -0.15) is 5.10 Å². The Kier molecular flexibility index (Phi) is 4.57. The topological polar surface area (TPSA) is 109 Å². The molecule has 1 aromatic carbocycles. The Morgan fingerprint density at radius 2 is 2.23 bits per heavy atom. The summed E-state index contributed by atoms with van der Waals surface area (Å²) < 4.78 is 1.63. The van der Waals surface area contributed by atoms with Crippen molar-refractivity contribution < 1.29 is 9.63 Å². The number of aromatic nitrogens is 2. The van der Waals surface area contributed by atoms with Crippen molar-refractivity contribution in [1.29, 1.82) is 0 Å². The highest BCUT2D eigenvalue weighted by Crippen LogP contribution is 2.15. The summed E-state index contributed by atoms with van der Waals surface area (Å²) in [6, 6.07) is 5.27. The summed E-state index contributed by atoms with van der Waals surface area (Å²) in [4.78, 5) is 16.3. The number of anilines is 1. The second kappa shape index (κ2) is 6.57. The first kappa shape index (κ1) is 15.3. The fourth-order valence-corrected chi connectivity index (χ4v) is 1.80. The van der Waals surface area contributed by atoms with Crippen LogP contribution in [0.3, 0.4) is 0 Å². The molecule has 2 rings (SSSR count). The molecule has 0 fully saturated rings. The van der Waals surface area contributed by atoms with Crippen LogP contribution in [0.4, 0.5) is 5.69 Å². The Labute approximate surface area is 127 Å². The average Bonchev–Trinajstić information content (AvgIpc) is 2.91. The lowest BCUT2D eigenvalue weighted by molar-refractivity contribution is -0.137. The SMILES string of the molecule is Cc1c(N)cccc1/C(N)=N/OC(=O)/C=C/c1cnn(C)c1. The number of hydrogen-bond donors (Lipinski definition) is 2. The van der Waals surface area contributed by atoms with Gasteiger partial charge in [0.2, 0.25) is 0 Å². The molecule has 2 aromatic rings. The second-order valence-corrected chi connectivity index (χ2v) is 4.69. The lowest BCUT2D eigenvalue weighted by Gasteiger charge is -2.06. The minimum atomic E-state index is -0.631. The molecule has 114 valence electrons. The molecule has 0 aliphatic carbocycles. The summed E-state index contributed by atoms with van der Waals surface area (Å²) >= 11 is 0. The van der Waals surface area contributed by atoms with E-state index < -0.39 is 5.97 Å². The Hall–Kier alpha value is -3.09. The summed E-state index contributed by atoms with van der Waals surface area (Å²) in [6.07, 6.45) is 6.21. The molecule has 7 heteroatoms. The summed E-state index contributed by atoms with van der Waals surface area (Å²) in [5.41, 5.74) is 14.4. The first-order valence-corrected chi connectivity index (χ1v) is 6.54. The molecule has 0 spiro atoms. The molecule has 0 atom stereocenters. The van der Waals surface area contributed by atoms with E-state index in [9.17, 15) is 4.79 Å². The zero-order valence-electron chi connectivity index (χ0n) is 12.4. The van der Waals surface area contributed by atoms with Crippen LogP contribution in [-0.2, 0) is 16.7 Å². The van der Waals surface area contributed by atoms with Gasteiger partial charge in [0, 0.05) is 36.1 Å². The molecule has 0 unspecified atom stereocenters. The third-order valence-corrected chi connectivity index (χ3v) is 3.02. The molecule has 0 saturated carbocycles.